The smallest absolute Gasteiger partial charge is 0.261 e. The lowest BCUT2D eigenvalue weighted by molar-refractivity contribution is 0.592. The molecule has 112 valence electrons. The molecule has 0 radical (unpaired) electrons. The number of halogens is 1. The van der Waals surface area contributed by atoms with Crippen LogP contribution in [0.3, 0.4) is 0 Å². The fourth-order valence-corrected chi connectivity index (χ4v) is 2.95. The summed E-state index contributed by atoms with van der Waals surface area (Å²) < 4.78 is 40.6. The van der Waals surface area contributed by atoms with Crippen LogP contribution in [-0.4, -0.2) is 20.4 Å². The highest BCUT2D eigenvalue weighted by Crippen LogP contribution is 2.19. The zero-order chi connectivity index (χ0) is 15.5. The van der Waals surface area contributed by atoms with Gasteiger partial charge in [0.1, 0.15) is 5.82 Å². The monoisotopic (exact) mass is 309 g/mol. The maximum absolute atomic E-state index is 13.6. The molecule has 5 nitrogen and oxygen atoms in total. The molecule has 0 unspecified atom stereocenters. The number of rotatable bonds is 5. The molecule has 0 amide bonds. The normalized spacial score (nSPS) is 11.4. The Bertz CT molecular complexity index is 748. The summed E-state index contributed by atoms with van der Waals surface area (Å²) in [4.78, 5) is 3.94. The van der Waals surface area contributed by atoms with Crippen molar-refractivity contribution in [3.63, 3.8) is 0 Å². The van der Waals surface area contributed by atoms with E-state index in [1.165, 1.54) is 18.3 Å². The third-order valence-electron chi connectivity index (χ3n) is 2.82. The molecular formula is C14H16FN3O2S. The highest BCUT2D eigenvalue weighted by atomic mass is 32.2. The molecule has 1 aromatic heterocycles. The lowest BCUT2D eigenvalue weighted by Crippen LogP contribution is -2.15. The molecule has 0 fully saturated rings. The summed E-state index contributed by atoms with van der Waals surface area (Å²) in [7, 11) is -2.11. The summed E-state index contributed by atoms with van der Waals surface area (Å²) in [5.41, 5.74) is 1.50. The van der Waals surface area contributed by atoms with Crippen LogP contribution in [0.5, 0.6) is 0 Å². The number of benzene rings is 1. The Hall–Kier alpha value is -1.99. The molecule has 0 aliphatic heterocycles. The maximum Gasteiger partial charge on any atom is 0.261 e. The van der Waals surface area contributed by atoms with Crippen molar-refractivity contribution in [3.05, 3.63) is 53.6 Å². The predicted octanol–water partition coefficient (Wildman–Crippen LogP) is 2.05. The Balaban J connectivity index is 2.33. The van der Waals surface area contributed by atoms with Crippen molar-refractivity contribution < 1.29 is 12.8 Å². The molecule has 21 heavy (non-hydrogen) atoms. The zero-order valence-corrected chi connectivity index (χ0v) is 12.5. The third kappa shape index (κ3) is 3.77. The summed E-state index contributed by atoms with van der Waals surface area (Å²) >= 11 is 0. The standard InChI is InChI=1S/C14H16FN3O2S/c1-10-5-12(9-17-7-10)18-21(19,20)13-3-4-14(15)11(6-13)8-16-2/h3-7,9,16,18H,8H2,1-2H3. The van der Waals surface area contributed by atoms with Gasteiger partial charge >= 0.3 is 0 Å². The second-order valence-electron chi connectivity index (χ2n) is 4.64. The van der Waals surface area contributed by atoms with Crippen molar-refractivity contribution in [2.75, 3.05) is 11.8 Å². The first kappa shape index (κ1) is 15.4. The molecule has 1 heterocycles. The molecule has 0 atom stereocenters. The number of nitrogens with one attached hydrogen (secondary N) is 2. The van der Waals surface area contributed by atoms with Crippen LogP contribution in [0.4, 0.5) is 10.1 Å². The van der Waals surface area contributed by atoms with Gasteiger partial charge in [-0.15, -0.1) is 0 Å². The van der Waals surface area contributed by atoms with E-state index in [0.717, 1.165) is 11.6 Å². The van der Waals surface area contributed by atoms with Gasteiger partial charge in [0.2, 0.25) is 0 Å². The van der Waals surface area contributed by atoms with Crippen LogP contribution >= 0.6 is 0 Å². The first-order chi connectivity index (χ1) is 9.92. The molecule has 0 bridgehead atoms. The molecule has 2 N–H and O–H groups in total. The number of aryl methyl sites for hydroxylation is 1. The lowest BCUT2D eigenvalue weighted by Gasteiger charge is -2.10. The Morgan fingerprint density at radius 3 is 2.67 bits per heavy atom. The first-order valence-corrected chi connectivity index (χ1v) is 7.78. The molecule has 0 saturated carbocycles. The minimum atomic E-state index is -3.77. The molecule has 1 aromatic carbocycles. The number of hydrogen-bond donors (Lipinski definition) is 2. The Kier molecular flexibility index (Phi) is 4.54. The molecule has 0 saturated heterocycles. The van der Waals surface area contributed by atoms with Crippen LogP contribution in [0.25, 0.3) is 0 Å². The van der Waals surface area contributed by atoms with Crippen LogP contribution < -0.4 is 10.0 Å². The molecule has 0 spiro atoms. The van der Waals surface area contributed by atoms with E-state index < -0.39 is 15.8 Å². The number of pyridine rings is 1. The summed E-state index contributed by atoms with van der Waals surface area (Å²) in [5, 5.41) is 2.80. The van der Waals surface area contributed by atoms with Gasteiger partial charge in [-0.3, -0.25) is 9.71 Å². The van der Waals surface area contributed by atoms with Crippen LogP contribution in [0, 0.1) is 12.7 Å². The number of anilines is 1. The molecular weight excluding hydrogens is 293 g/mol. The van der Waals surface area contributed by atoms with Gasteiger partial charge in [-0.05, 0) is 43.8 Å². The van der Waals surface area contributed by atoms with Crippen LogP contribution in [0.2, 0.25) is 0 Å². The fraction of sp³-hybridized carbons (Fsp3) is 0.214. The summed E-state index contributed by atoms with van der Waals surface area (Å²) in [5.74, 6) is -0.444. The highest BCUT2D eigenvalue weighted by molar-refractivity contribution is 7.92. The van der Waals surface area contributed by atoms with Crippen molar-refractivity contribution >= 4 is 15.7 Å². The van der Waals surface area contributed by atoms with Gasteiger partial charge < -0.3 is 5.32 Å². The van der Waals surface area contributed by atoms with Crippen molar-refractivity contribution in [2.24, 2.45) is 0 Å². The summed E-state index contributed by atoms with van der Waals surface area (Å²) in [6.45, 7) is 2.06. The fourth-order valence-electron chi connectivity index (χ4n) is 1.87. The number of sulfonamides is 1. The second-order valence-corrected chi connectivity index (χ2v) is 6.32. The van der Waals surface area contributed by atoms with E-state index in [4.69, 9.17) is 0 Å². The van der Waals surface area contributed by atoms with Gasteiger partial charge in [0, 0.05) is 18.3 Å². The van der Waals surface area contributed by atoms with E-state index in [9.17, 15) is 12.8 Å². The Labute approximate surface area is 123 Å². The van der Waals surface area contributed by atoms with Crippen LogP contribution in [0.1, 0.15) is 11.1 Å². The van der Waals surface area contributed by atoms with E-state index >= 15 is 0 Å². The van der Waals surface area contributed by atoms with E-state index in [-0.39, 0.29) is 11.4 Å². The maximum atomic E-state index is 13.6. The van der Waals surface area contributed by atoms with Crippen molar-refractivity contribution in [2.45, 2.75) is 18.4 Å². The van der Waals surface area contributed by atoms with Gasteiger partial charge in [0.15, 0.2) is 0 Å². The molecule has 0 aliphatic carbocycles. The van der Waals surface area contributed by atoms with Crippen molar-refractivity contribution in [3.8, 4) is 0 Å². The van der Waals surface area contributed by atoms with E-state index in [0.29, 0.717) is 11.3 Å². The lowest BCUT2D eigenvalue weighted by atomic mass is 10.2. The number of nitrogens with zero attached hydrogens (tertiary/aromatic N) is 1. The Morgan fingerprint density at radius 1 is 1.24 bits per heavy atom. The minimum absolute atomic E-state index is 0.00987. The van der Waals surface area contributed by atoms with Crippen molar-refractivity contribution in [1.29, 1.82) is 0 Å². The molecule has 0 aliphatic rings. The van der Waals surface area contributed by atoms with Crippen LogP contribution in [0.15, 0.2) is 41.6 Å². The average Bonchev–Trinajstić information content (AvgIpc) is 2.41. The number of aromatic nitrogens is 1. The van der Waals surface area contributed by atoms with E-state index in [1.54, 1.807) is 19.3 Å². The molecule has 2 rings (SSSR count). The first-order valence-electron chi connectivity index (χ1n) is 6.30. The summed E-state index contributed by atoms with van der Waals surface area (Å²) in [6.07, 6.45) is 3.04. The third-order valence-corrected chi connectivity index (χ3v) is 4.20. The van der Waals surface area contributed by atoms with Gasteiger partial charge in [0.05, 0.1) is 16.8 Å². The Morgan fingerprint density at radius 2 is 2.00 bits per heavy atom. The van der Waals surface area contributed by atoms with Crippen LogP contribution in [-0.2, 0) is 16.6 Å². The largest absolute Gasteiger partial charge is 0.316 e. The SMILES string of the molecule is CNCc1cc(S(=O)(=O)Nc2cncc(C)c2)ccc1F. The van der Waals surface area contributed by atoms with Gasteiger partial charge in [-0.2, -0.15) is 0 Å². The van der Waals surface area contributed by atoms with E-state index in [2.05, 4.69) is 15.0 Å². The highest BCUT2D eigenvalue weighted by Gasteiger charge is 2.16. The van der Waals surface area contributed by atoms with E-state index in [1.807, 2.05) is 6.92 Å². The zero-order valence-electron chi connectivity index (χ0n) is 11.7. The van der Waals surface area contributed by atoms with Gasteiger partial charge in [-0.25, -0.2) is 12.8 Å². The minimum Gasteiger partial charge on any atom is -0.316 e. The summed E-state index contributed by atoms with van der Waals surface area (Å²) in [6, 6.07) is 5.37. The van der Waals surface area contributed by atoms with Gasteiger partial charge in [-0.1, -0.05) is 0 Å². The topological polar surface area (TPSA) is 71.1 Å². The molecule has 7 heteroatoms. The second kappa shape index (κ2) is 6.19. The number of hydrogen-bond acceptors (Lipinski definition) is 4. The predicted molar refractivity (Wildman–Crippen MR) is 78.9 cm³/mol. The quantitative estimate of drug-likeness (QED) is 0.887. The van der Waals surface area contributed by atoms with Crippen molar-refractivity contribution in [1.82, 2.24) is 10.3 Å². The average molecular weight is 309 g/mol. The van der Waals surface area contributed by atoms with Gasteiger partial charge in [0.25, 0.3) is 10.0 Å². The molecule has 2 aromatic rings.